The van der Waals surface area contributed by atoms with E-state index in [9.17, 15) is 9.59 Å². The Kier molecular flexibility index (Phi) is 7.41. The molecule has 1 atom stereocenters. The molecule has 8 heteroatoms. The maximum absolute atomic E-state index is 12.3. The molecule has 0 aliphatic rings. The third kappa shape index (κ3) is 5.60. The molecule has 1 aromatic carbocycles. The molecule has 0 aliphatic carbocycles. The normalized spacial score (nSPS) is 11.5. The van der Waals surface area contributed by atoms with E-state index in [0.29, 0.717) is 29.3 Å². The van der Waals surface area contributed by atoms with Crippen LogP contribution < -0.4 is 14.8 Å². The minimum atomic E-state index is -0.984. The molecule has 0 aliphatic heterocycles. The molecule has 2 rings (SSSR count). The van der Waals surface area contributed by atoms with Crippen molar-refractivity contribution >= 4 is 17.6 Å². The number of ether oxygens (including phenoxy) is 3. The van der Waals surface area contributed by atoms with Crippen molar-refractivity contribution in [3.63, 3.8) is 0 Å². The van der Waals surface area contributed by atoms with Gasteiger partial charge >= 0.3 is 5.97 Å². The molecule has 1 heterocycles. The summed E-state index contributed by atoms with van der Waals surface area (Å²) in [5, 5.41) is 6.98. The Morgan fingerprint density at radius 3 is 2.62 bits per heavy atom. The zero-order valence-electron chi connectivity index (χ0n) is 17.4. The van der Waals surface area contributed by atoms with Gasteiger partial charge in [0.1, 0.15) is 0 Å². The topological polar surface area (TPSA) is 91.7 Å². The number of nitrogens with zero attached hydrogens (tertiary/aromatic N) is 2. The van der Waals surface area contributed by atoms with Crippen LogP contribution in [0.2, 0.25) is 0 Å². The van der Waals surface area contributed by atoms with E-state index in [1.165, 1.54) is 14.0 Å². The number of carbonyl (C=O) groups excluding carboxylic acids is 2. The molecule has 1 aromatic heterocycles. The van der Waals surface area contributed by atoms with E-state index in [-0.39, 0.29) is 6.61 Å². The van der Waals surface area contributed by atoms with Crippen LogP contribution in [-0.2, 0) is 27.8 Å². The number of benzene rings is 1. The Hall–Kier alpha value is -3.29. The first-order chi connectivity index (χ1) is 13.8. The summed E-state index contributed by atoms with van der Waals surface area (Å²) in [7, 11) is 3.31. The van der Waals surface area contributed by atoms with Crippen molar-refractivity contribution < 1.29 is 23.8 Å². The van der Waals surface area contributed by atoms with Crippen molar-refractivity contribution in [1.82, 2.24) is 9.78 Å². The van der Waals surface area contributed by atoms with Crippen LogP contribution in [-0.4, -0.2) is 41.5 Å². The van der Waals surface area contributed by atoms with Crippen molar-refractivity contribution in [2.75, 3.05) is 19.0 Å². The molecule has 0 saturated carbocycles. The van der Waals surface area contributed by atoms with Gasteiger partial charge in [0.2, 0.25) is 0 Å². The molecule has 0 unspecified atom stereocenters. The minimum absolute atomic E-state index is 0.347. The van der Waals surface area contributed by atoms with Gasteiger partial charge in [0.05, 0.1) is 24.2 Å². The van der Waals surface area contributed by atoms with E-state index < -0.39 is 18.0 Å². The van der Waals surface area contributed by atoms with Crippen LogP contribution in [0.25, 0.3) is 0 Å². The Balaban J connectivity index is 1.91. The maximum atomic E-state index is 12.3. The van der Waals surface area contributed by atoms with Gasteiger partial charge < -0.3 is 19.5 Å². The van der Waals surface area contributed by atoms with E-state index in [4.69, 9.17) is 14.2 Å². The Labute approximate surface area is 170 Å². The predicted molar refractivity (Wildman–Crippen MR) is 109 cm³/mol. The zero-order valence-corrected chi connectivity index (χ0v) is 17.4. The van der Waals surface area contributed by atoms with E-state index in [1.807, 2.05) is 19.1 Å². The fraction of sp³-hybridized carbons (Fsp3) is 0.381. The molecule has 0 bridgehead atoms. The number of nitrogens with one attached hydrogen (secondary N) is 1. The number of anilines is 1. The van der Waals surface area contributed by atoms with E-state index in [0.717, 1.165) is 11.3 Å². The van der Waals surface area contributed by atoms with Crippen LogP contribution in [0.1, 0.15) is 23.9 Å². The van der Waals surface area contributed by atoms with Crippen molar-refractivity contribution in [1.29, 1.82) is 0 Å². The van der Waals surface area contributed by atoms with Crippen LogP contribution in [0.3, 0.4) is 0 Å². The largest absolute Gasteiger partial charge is 0.493 e. The lowest BCUT2D eigenvalue weighted by molar-refractivity contribution is -0.155. The molecule has 0 radical (unpaired) electrons. The Morgan fingerprint density at radius 2 is 2.03 bits per heavy atom. The van der Waals surface area contributed by atoms with Gasteiger partial charge in [0.15, 0.2) is 24.2 Å². The van der Waals surface area contributed by atoms with Gasteiger partial charge in [-0.25, -0.2) is 4.79 Å². The van der Waals surface area contributed by atoms with Gasteiger partial charge in [-0.05, 0) is 44.9 Å². The monoisotopic (exact) mass is 401 g/mol. The number of rotatable bonds is 9. The van der Waals surface area contributed by atoms with Crippen LogP contribution in [0.5, 0.6) is 11.5 Å². The average molecular weight is 401 g/mol. The average Bonchev–Trinajstić information content (AvgIpc) is 2.92. The summed E-state index contributed by atoms with van der Waals surface area (Å²) in [5.74, 6) is -0.185. The fourth-order valence-electron chi connectivity index (χ4n) is 2.73. The molecule has 156 valence electrons. The van der Waals surface area contributed by atoms with Crippen molar-refractivity contribution in [3.8, 4) is 11.5 Å². The smallest absolute Gasteiger partial charge is 0.344 e. The molecule has 0 fully saturated rings. The summed E-state index contributed by atoms with van der Waals surface area (Å²) in [5.41, 5.74) is 3.12. The van der Waals surface area contributed by atoms with Gasteiger partial charge in [-0.1, -0.05) is 12.1 Å². The first-order valence-electron chi connectivity index (χ1n) is 9.18. The lowest BCUT2D eigenvalue weighted by Gasteiger charge is -2.15. The highest BCUT2D eigenvalue weighted by Gasteiger charge is 2.21. The van der Waals surface area contributed by atoms with Crippen LogP contribution in [0.4, 0.5) is 5.69 Å². The van der Waals surface area contributed by atoms with Crippen LogP contribution >= 0.6 is 0 Å². The number of allylic oxidation sites excluding steroid dienone is 1. The zero-order chi connectivity index (χ0) is 21.6. The molecule has 0 spiro atoms. The molecule has 1 N–H and O–H groups in total. The van der Waals surface area contributed by atoms with Crippen molar-refractivity contribution in [2.24, 2.45) is 7.05 Å². The summed E-state index contributed by atoms with van der Waals surface area (Å²) in [6.07, 6.45) is 1.50. The van der Waals surface area contributed by atoms with Crippen LogP contribution in [0, 0.1) is 13.8 Å². The molecule has 29 heavy (non-hydrogen) atoms. The van der Waals surface area contributed by atoms with E-state index in [1.54, 1.807) is 30.8 Å². The Bertz CT molecular complexity index is 904. The lowest BCUT2D eigenvalue weighted by atomic mass is 10.1. The SMILES string of the molecule is C=CCc1ccc(OCC(=O)O[C@@H](C)C(=O)Nc2c(C)nn(C)c2C)c(OC)c1. The highest BCUT2D eigenvalue weighted by Crippen LogP contribution is 2.28. The molecule has 1 amide bonds. The van der Waals surface area contributed by atoms with Gasteiger partial charge in [0.25, 0.3) is 5.91 Å². The van der Waals surface area contributed by atoms with E-state index >= 15 is 0 Å². The predicted octanol–water partition coefficient (Wildman–Crippen LogP) is 2.72. The fourth-order valence-corrected chi connectivity index (χ4v) is 2.73. The second kappa shape index (κ2) is 9.77. The summed E-state index contributed by atoms with van der Waals surface area (Å²) in [6, 6.07) is 5.39. The van der Waals surface area contributed by atoms with Crippen molar-refractivity contribution in [3.05, 3.63) is 47.8 Å². The molecule has 8 nitrogen and oxygen atoms in total. The number of methoxy groups -OCH3 is 1. The highest BCUT2D eigenvalue weighted by molar-refractivity contribution is 5.96. The summed E-state index contributed by atoms with van der Waals surface area (Å²) in [6.45, 7) is 8.49. The molecular weight excluding hydrogens is 374 g/mol. The van der Waals surface area contributed by atoms with Gasteiger partial charge in [-0.3, -0.25) is 9.48 Å². The first-order valence-corrected chi connectivity index (χ1v) is 9.18. The quantitative estimate of drug-likeness (QED) is 0.513. The lowest BCUT2D eigenvalue weighted by Crippen LogP contribution is -2.32. The number of amides is 1. The molecule has 0 saturated heterocycles. The minimum Gasteiger partial charge on any atom is -0.493 e. The third-order valence-electron chi connectivity index (χ3n) is 4.39. The Morgan fingerprint density at radius 1 is 1.31 bits per heavy atom. The standard InChI is InChI=1S/C21H27N3O5/c1-7-8-16-9-10-17(18(11-16)27-6)28-12-19(25)29-15(4)21(26)22-20-13(2)23-24(5)14(20)3/h7,9-11,15H,1,8,12H2,2-6H3,(H,22,26)/t15-/m0/s1. The summed E-state index contributed by atoms with van der Waals surface area (Å²) < 4.78 is 17.6. The summed E-state index contributed by atoms with van der Waals surface area (Å²) >= 11 is 0. The highest BCUT2D eigenvalue weighted by atomic mass is 16.6. The number of carbonyl (C=O) groups is 2. The second-order valence-corrected chi connectivity index (χ2v) is 6.56. The molecule has 2 aromatic rings. The number of hydrogen-bond donors (Lipinski definition) is 1. The van der Waals surface area contributed by atoms with Crippen LogP contribution in [0.15, 0.2) is 30.9 Å². The number of aryl methyl sites for hydroxylation is 2. The van der Waals surface area contributed by atoms with Gasteiger partial charge in [-0.15, -0.1) is 6.58 Å². The maximum Gasteiger partial charge on any atom is 0.344 e. The molecular formula is C21H27N3O5. The number of esters is 1. The van der Waals surface area contributed by atoms with Gasteiger partial charge in [0, 0.05) is 7.05 Å². The summed E-state index contributed by atoms with van der Waals surface area (Å²) in [4.78, 5) is 24.4. The van der Waals surface area contributed by atoms with E-state index in [2.05, 4.69) is 17.0 Å². The number of aromatic nitrogens is 2. The number of hydrogen-bond acceptors (Lipinski definition) is 6. The third-order valence-corrected chi connectivity index (χ3v) is 4.39. The first kappa shape index (κ1) is 22.0. The van der Waals surface area contributed by atoms with Crippen molar-refractivity contribution in [2.45, 2.75) is 33.3 Å². The van der Waals surface area contributed by atoms with Gasteiger partial charge in [-0.2, -0.15) is 5.10 Å². The second-order valence-electron chi connectivity index (χ2n) is 6.56.